The number of nitrogens with zero attached hydrogens (tertiary/aromatic N) is 1. The molecule has 2 heterocycles. The Morgan fingerprint density at radius 2 is 2.17 bits per heavy atom. The van der Waals surface area contributed by atoms with Gasteiger partial charge in [-0.3, -0.25) is 4.79 Å². The van der Waals surface area contributed by atoms with E-state index in [9.17, 15) is 9.59 Å². The largest absolute Gasteiger partial charge is 0.491 e. The number of amides is 1. The topological polar surface area (TPSA) is 65.1 Å². The van der Waals surface area contributed by atoms with Crippen molar-refractivity contribution in [3.63, 3.8) is 0 Å². The molecular formula is C17H21NO5. The second-order valence-corrected chi connectivity index (χ2v) is 5.84. The number of fused-ring (bicyclic) bond motifs is 1. The predicted molar refractivity (Wildman–Crippen MR) is 82.2 cm³/mol. The van der Waals surface area contributed by atoms with Gasteiger partial charge in [0, 0.05) is 18.7 Å². The average molecular weight is 319 g/mol. The van der Waals surface area contributed by atoms with E-state index in [1.807, 2.05) is 11.0 Å². The lowest BCUT2D eigenvalue weighted by atomic mass is 10.00. The van der Waals surface area contributed by atoms with Crippen LogP contribution < -0.4 is 4.74 Å². The van der Waals surface area contributed by atoms with Crippen molar-refractivity contribution in [1.29, 1.82) is 0 Å². The van der Waals surface area contributed by atoms with Gasteiger partial charge in [-0.15, -0.1) is 0 Å². The molecule has 0 bridgehead atoms. The van der Waals surface area contributed by atoms with E-state index in [0.29, 0.717) is 37.6 Å². The number of esters is 1. The molecule has 1 atom stereocenters. The molecule has 0 N–H and O–H groups in total. The van der Waals surface area contributed by atoms with Crippen LogP contribution in [0.5, 0.6) is 5.75 Å². The Kier molecular flexibility index (Phi) is 4.81. The molecule has 6 heteroatoms. The van der Waals surface area contributed by atoms with Gasteiger partial charge in [-0.2, -0.15) is 0 Å². The molecule has 0 unspecified atom stereocenters. The molecule has 0 spiro atoms. The Bertz CT molecular complexity index is 595. The van der Waals surface area contributed by atoms with Crippen LogP contribution in [0.25, 0.3) is 0 Å². The van der Waals surface area contributed by atoms with Gasteiger partial charge in [-0.05, 0) is 25.0 Å². The van der Waals surface area contributed by atoms with Gasteiger partial charge in [-0.1, -0.05) is 6.07 Å². The normalized spacial score (nSPS) is 20.9. The highest BCUT2D eigenvalue weighted by molar-refractivity contribution is 5.90. The number of hydrogen-bond donors (Lipinski definition) is 0. The molecule has 1 amide bonds. The monoisotopic (exact) mass is 319 g/mol. The number of benzene rings is 1. The quantitative estimate of drug-likeness (QED) is 0.775. The number of methoxy groups -OCH3 is 1. The number of ether oxygens (including phenoxy) is 3. The summed E-state index contributed by atoms with van der Waals surface area (Å²) in [4.78, 5) is 26.1. The van der Waals surface area contributed by atoms with Gasteiger partial charge < -0.3 is 19.1 Å². The lowest BCUT2D eigenvalue weighted by molar-refractivity contribution is -0.140. The zero-order valence-corrected chi connectivity index (χ0v) is 13.2. The third-order valence-electron chi connectivity index (χ3n) is 4.29. The second kappa shape index (κ2) is 7.00. The van der Waals surface area contributed by atoms with Crippen LogP contribution in [0.15, 0.2) is 18.2 Å². The van der Waals surface area contributed by atoms with Crippen LogP contribution in [0.1, 0.15) is 28.8 Å². The van der Waals surface area contributed by atoms with E-state index < -0.39 is 5.97 Å². The number of carbonyl (C=O) groups excluding carboxylic acids is 2. The molecule has 3 rings (SSSR count). The smallest absolute Gasteiger partial charge is 0.337 e. The van der Waals surface area contributed by atoms with Gasteiger partial charge in [0.15, 0.2) is 0 Å². The minimum absolute atomic E-state index is 0.0559. The lowest BCUT2D eigenvalue weighted by Gasteiger charge is -2.28. The highest BCUT2D eigenvalue weighted by atomic mass is 16.5. The van der Waals surface area contributed by atoms with Crippen LogP contribution in [-0.2, 0) is 20.8 Å². The molecule has 0 aliphatic carbocycles. The van der Waals surface area contributed by atoms with Crippen LogP contribution in [0, 0.1) is 5.92 Å². The Hall–Kier alpha value is -2.08. The van der Waals surface area contributed by atoms with E-state index in [0.717, 1.165) is 25.0 Å². The van der Waals surface area contributed by atoms with E-state index in [1.54, 1.807) is 12.1 Å². The lowest BCUT2D eigenvalue weighted by Crippen LogP contribution is -2.40. The summed E-state index contributed by atoms with van der Waals surface area (Å²) in [5.41, 5.74) is 1.35. The van der Waals surface area contributed by atoms with Gasteiger partial charge >= 0.3 is 5.97 Å². The van der Waals surface area contributed by atoms with Crippen molar-refractivity contribution < 1.29 is 23.8 Å². The van der Waals surface area contributed by atoms with E-state index in [1.165, 1.54) is 7.11 Å². The third kappa shape index (κ3) is 3.47. The first kappa shape index (κ1) is 15.8. The summed E-state index contributed by atoms with van der Waals surface area (Å²) in [6.07, 6.45) is 1.81. The van der Waals surface area contributed by atoms with Crippen molar-refractivity contribution in [1.82, 2.24) is 4.90 Å². The van der Waals surface area contributed by atoms with Gasteiger partial charge in [0.1, 0.15) is 12.4 Å². The van der Waals surface area contributed by atoms with Crippen LogP contribution >= 0.6 is 0 Å². The molecule has 1 saturated heterocycles. The third-order valence-corrected chi connectivity index (χ3v) is 4.29. The zero-order chi connectivity index (χ0) is 16.2. The SMILES string of the molecule is COC(=O)c1ccc2c(c1)OCCN(C(=O)[C@H]1CCCOC1)C2. The van der Waals surface area contributed by atoms with E-state index in [4.69, 9.17) is 14.2 Å². The van der Waals surface area contributed by atoms with Gasteiger partial charge in [0.2, 0.25) is 5.91 Å². The highest BCUT2D eigenvalue weighted by Crippen LogP contribution is 2.26. The Labute approximate surface area is 135 Å². The summed E-state index contributed by atoms with van der Waals surface area (Å²) in [6.45, 7) is 2.69. The molecule has 0 saturated carbocycles. The van der Waals surface area contributed by atoms with E-state index in [2.05, 4.69) is 0 Å². The maximum absolute atomic E-state index is 12.7. The molecule has 1 aromatic carbocycles. The molecule has 2 aliphatic rings. The van der Waals surface area contributed by atoms with Crippen molar-refractivity contribution in [2.24, 2.45) is 5.92 Å². The van der Waals surface area contributed by atoms with Crippen molar-refractivity contribution in [3.8, 4) is 5.75 Å². The predicted octanol–water partition coefficient (Wildman–Crippen LogP) is 1.62. The summed E-state index contributed by atoms with van der Waals surface area (Å²) >= 11 is 0. The molecule has 124 valence electrons. The molecule has 1 fully saturated rings. The van der Waals surface area contributed by atoms with Crippen LogP contribution in [0.4, 0.5) is 0 Å². The fourth-order valence-electron chi connectivity index (χ4n) is 3.00. The summed E-state index contributed by atoms with van der Waals surface area (Å²) in [6, 6.07) is 5.20. The number of rotatable bonds is 2. The fourth-order valence-corrected chi connectivity index (χ4v) is 3.00. The maximum Gasteiger partial charge on any atom is 0.337 e. The first-order valence-corrected chi connectivity index (χ1v) is 7.89. The van der Waals surface area contributed by atoms with Crippen molar-refractivity contribution in [2.75, 3.05) is 33.5 Å². The fraction of sp³-hybridized carbons (Fsp3) is 0.529. The molecule has 0 radical (unpaired) electrons. The average Bonchev–Trinajstić information content (AvgIpc) is 2.82. The van der Waals surface area contributed by atoms with E-state index in [-0.39, 0.29) is 11.8 Å². The van der Waals surface area contributed by atoms with Gasteiger partial charge in [0.25, 0.3) is 0 Å². The van der Waals surface area contributed by atoms with Gasteiger partial charge in [0.05, 0.1) is 31.7 Å². The molecule has 0 aromatic heterocycles. The molecule has 1 aromatic rings. The Balaban J connectivity index is 1.75. The maximum atomic E-state index is 12.7. The number of carbonyl (C=O) groups is 2. The summed E-state index contributed by atoms with van der Waals surface area (Å²) < 4.78 is 15.9. The molecule has 23 heavy (non-hydrogen) atoms. The Morgan fingerprint density at radius 3 is 2.91 bits per heavy atom. The van der Waals surface area contributed by atoms with Crippen LogP contribution in [0.2, 0.25) is 0 Å². The van der Waals surface area contributed by atoms with Crippen molar-refractivity contribution >= 4 is 11.9 Å². The number of hydrogen-bond acceptors (Lipinski definition) is 5. The minimum atomic E-state index is -0.395. The molecule has 2 aliphatic heterocycles. The van der Waals surface area contributed by atoms with E-state index >= 15 is 0 Å². The van der Waals surface area contributed by atoms with Crippen molar-refractivity contribution in [3.05, 3.63) is 29.3 Å². The Morgan fingerprint density at radius 1 is 1.30 bits per heavy atom. The summed E-state index contributed by atoms with van der Waals surface area (Å²) in [5, 5.41) is 0. The second-order valence-electron chi connectivity index (χ2n) is 5.84. The van der Waals surface area contributed by atoms with Crippen LogP contribution in [0.3, 0.4) is 0 Å². The minimum Gasteiger partial charge on any atom is -0.491 e. The first-order valence-electron chi connectivity index (χ1n) is 7.89. The standard InChI is InChI=1S/C17H21NO5/c1-21-17(20)12-4-5-13-10-18(6-8-23-15(13)9-12)16(19)14-3-2-7-22-11-14/h4-5,9,14H,2-3,6-8,10-11H2,1H3/t14-/m0/s1. The highest BCUT2D eigenvalue weighted by Gasteiger charge is 2.28. The molecular weight excluding hydrogens is 298 g/mol. The zero-order valence-electron chi connectivity index (χ0n) is 13.2. The van der Waals surface area contributed by atoms with Gasteiger partial charge in [-0.25, -0.2) is 4.79 Å². The van der Waals surface area contributed by atoms with Crippen molar-refractivity contribution in [2.45, 2.75) is 19.4 Å². The summed E-state index contributed by atoms with van der Waals surface area (Å²) in [5.74, 6) is 0.314. The molecule has 6 nitrogen and oxygen atoms in total. The summed E-state index contributed by atoms with van der Waals surface area (Å²) in [7, 11) is 1.35. The van der Waals surface area contributed by atoms with Crippen LogP contribution in [-0.4, -0.2) is 50.3 Å². The first-order chi connectivity index (χ1) is 11.2.